The minimum atomic E-state index is -0.276. The average molecular weight is 407 g/mol. The van der Waals surface area contributed by atoms with Crippen LogP contribution >= 0.6 is 11.8 Å². The Balaban J connectivity index is 1.76. The molecule has 2 unspecified atom stereocenters. The molecule has 2 fully saturated rings. The third-order valence-corrected chi connectivity index (χ3v) is 5.80. The smallest absolute Gasteiger partial charge is 0.289 e. The van der Waals surface area contributed by atoms with Crippen LogP contribution in [0.3, 0.4) is 0 Å². The molecule has 7 nitrogen and oxygen atoms in total. The molecular weight excluding hydrogens is 380 g/mol. The molecule has 0 bridgehead atoms. The molecule has 8 heteroatoms. The lowest BCUT2D eigenvalue weighted by Crippen LogP contribution is -2.54. The van der Waals surface area contributed by atoms with Gasteiger partial charge in [0.2, 0.25) is 5.91 Å². The summed E-state index contributed by atoms with van der Waals surface area (Å²) >= 11 is 1.03. The number of hydrogen-bond acceptors (Lipinski definition) is 6. The Labute approximate surface area is 169 Å². The summed E-state index contributed by atoms with van der Waals surface area (Å²) in [5, 5.41) is 2.82. The molecule has 3 rings (SSSR count). The molecule has 1 saturated carbocycles. The molecule has 1 aromatic carbocycles. The molecule has 28 heavy (non-hydrogen) atoms. The monoisotopic (exact) mass is 406 g/mol. The summed E-state index contributed by atoms with van der Waals surface area (Å²) in [5.74, 6) is 0.904. The summed E-state index contributed by atoms with van der Waals surface area (Å²) in [7, 11) is 0. The van der Waals surface area contributed by atoms with Crippen molar-refractivity contribution < 1.29 is 23.9 Å². The highest BCUT2D eigenvalue weighted by Crippen LogP contribution is 2.31. The normalized spacial score (nSPS) is 22.3. The zero-order valence-corrected chi connectivity index (χ0v) is 17.0. The zero-order valence-electron chi connectivity index (χ0n) is 16.2. The molecule has 1 heterocycles. The van der Waals surface area contributed by atoms with Crippen molar-refractivity contribution in [3.05, 3.63) is 23.8 Å². The maximum atomic E-state index is 12.9. The summed E-state index contributed by atoms with van der Waals surface area (Å²) in [6.07, 6.45) is 3.36. The fourth-order valence-electron chi connectivity index (χ4n) is 3.72. The van der Waals surface area contributed by atoms with Gasteiger partial charge in [-0.25, -0.2) is 0 Å². The van der Waals surface area contributed by atoms with Gasteiger partial charge < -0.3 is 14.8 Å². The van der Waals surface area contributed by atoms with E-state index in [2.05, 4.69) is 5.32 Å². The average Bonchev–Trinajstić information content (AvgIpc) is 3.02. The van der Waals surface area contributed by atoms with Crippen molar-refractivity contribution in [1.82, 2.24) is 10.2 Å². The van der Waals surface area contributed by atoms with E-state index < -0.39 is 0 Å². The first-order valence-electron chi connectivity index (χ1n) is 9.74. The van der Waals surface area contributed by atoms with Crippen LogP contribution in [0.2, 0.25) is 0 Å². The van der Waals surface area contributed by atoms with Gasteiger partial charge in [0.1, 0.15) is 0 Å². The first-order chi connectivity index (χ1) is 13.5. The van der Waals surface area contributed by atoms with Crippen LogP contribution in [0.5, 0.6) is 11.5 Å². The minimum Gasteiger partial charge on any atom is -0.490 e. The molecule has 152 valence electrons. The Hall–Kier alpha value is -2.22. The summed E-state index contributed by atoms with van der Waals surface area (Å²) in [6.45, 7) is 4.73. The fourth-order valence-corrected chi connectivity index (χ4v) is 4.48. The van der Waals surface area contributed by atoms with Crippen molar-refractivity contribution >= 4 is 28.8 Å². The second kappa shape index (κ2) is 9.32. The maximum Gasteiger partial charge on any atom is 0.289 e. The van der Waals surface area contributed by atoms with E-state index in [1.807, 2.05) is 13.8 Å². The Bertz CT molecular complexity index is 738. The SMILES string of the molecule is CCOc1ccc(C(=O)NC2CCCCC2N2C(=O)CSC2=O)cc1OCC. The molecule has 0 spiro atoms. The molecule has 1 N–H and O–H groups in total. The van der Waals surface area contributed by atoms with Gasteiger partial charge in [-0.15, -0.1) is 0 Å². The van der Waals surface area contributed by atoms with Crippen molar-refractivity contribution in [2.75, 3.05) is 19.0 Å². The van der Waals surface area contributed by atoms with Gasteiger partial charge >= 0.3 is 0 Å². The molecule has 0 radical (unpaired) electrons. The zero-order chi connectivity index (χ0) is 20.1. The number of imide groups is 1. The van der Waals surface area contributed by atoms with E-state index in [0.29, 0.717) is 30.3 Å². The number of thioether (sulfide) groups is 1. The molecule has 2 atom stereocenters. The number of benzene rings is 1. The summed E-state index contributed by atoms with van der Waals surface area (Å²) in [6, 6.07) is 4.58. The van der Waals surface area contributed by atoms with Gasteiger partial charge in [-0.05, 0) is 44.9 Å². The van der Waals surface area contributed by atoms with Crippen LogP contribution in [0, 0.1) is 0 Å². The van der Waals surface area contributed by atoms with Crippen molar-refractivity contribution in [2.45, 2.75) is 51.6 Å². The Morgan fingerprint density at radius 1 is 1.14 bits per heavy atom. The van der Waals surface area contributed by atoms with E-state index in [4.69, 9.17) is 9.47 Å². The van der Waals surface area contributed by atoms with Crippen molar-refractivity contribution in [3.63, 3.8) is 0 Å². The molecule has 1 aliphatic carbocycles. The molecule has 3 amide bonds. The molecule has 0 aromatic heterocycles. The van der Waals surface area contributed by atoms with E-state index in [-0.39, 0.29) is 34.9 Å². The molecule has 2 aliphatic rings. The summed E-state index contributed by atoms with van der Waals surface area (Å²) in [4.78, 5) is 38.5. The number of nitrogens with zero attached hydrogens (tertiary/aromatic N) is 1. The van der Waals surface area contributed by atoms with Crippen LogP contribution in [0.1, 0.15) is 49.9 Å². The van der Waals surface area contributed by atoms with Gasteiger partial charge in [0.05, 0.1) is 31.1 Å². The first-order valence-corrected chi connectivity index (χ1v) is 10.7. The number of ether oxygens (including phenoxy) is 2. The van der Waals surface area contributed by atoms with Crippen LogP contribution < -0.4 is 14.8 Å². The van der Waals surface area contributed by atoms with Gasteiger partial charge in [0.15, 0.2) is 11.5 Å². The predicted octanol–water partition coefficient (Wildman–Crippen LogP) is 3.22. The molecular formula is C20H26N2O5S. The second-order valence-corrected chi connectivity index (χ2v) is 7.70. The number of carbonyl (C=O) groups is 3. The van der Waals surface area contributed by atoms with Gasteiger partial charge in [-0.3, -0.25) is 19.3 Å². The largest absolute Gasteiger partial charge is 0.490 e. The Morgan fingerprint density at radius 2 is 1.86 bits per heavy atom. The quantitative estimate of drug-likeness (QED) is 0.748. The molecule has 1 aliphatic heterocycles. The van der Waals surface area contributed by atoms with Gasteiger partial charge in [-0.1, -0.05) is 24.6 Å². The van der Waals surface area contributed by atoms with Crippen molar-refractivity contribution in [3.8, 4) is 11.5 Å². The first kappa shape index (κ1) is 20.5. The Morgan fingerprint density at radius 3 is 2.54 bits per heavy atom. The number of nitrogens with one attached hydrogen (secondary N) is 1. The van der Waals surface area contributed by atoms with Crippen LogP contribution in [0.25, 0.3) is 0 Å². The topological polar surface area (TPSA) is 84.9 Å². The maximum absolute atomic E-state index is 12.9. The van der Waals surface area contributed by atoms with Crippen LogP contribution in [-0.4, -0.2) is 53.0 Å². The lowest BCUT2D eigenvalue weighted by molar-refractivity contribution is -0.127. The van der Waals surface area contributed by atoms with Crippen LogP contribution in [0.15, 0.2) is 18.2 Å². The lowest BCUT2D eigenvalue weighted by Gasteiger charge is -2.36. The molecule has 1 saturated heterocycles. The summed E-state index contributed by atoms with van der Waals surface area (Å²) < 4.78 is 11.1. The standard InChI is InChI=1S/C20H26N2O5S/c1-3-26-16-10-9-13(11-17(16)27-4-2)19(24)21-14-7-5-6-8-15(14)22-18(23)12-28-20(22)25/h9-11,14-15H,3-8,12H2,1-2H3,(H,21,24). The number of carbonyl (C=O) groups excluding carboxylic acids is 3. The predicted molar refractivity (Wildman–Crippen MR) is 107 cm³/mol. The highest BCUT2D eigenvalue weighted by atomic mass is 32.2. The van der Waals surface area contributed by atoms with Crippen molar-refractivity contribution in [1.29, 1.82) is 0 Å². The van der Waals surface area contributed by atoms with Gasteiger partial charge in [0.25, 0.3) is 11.1 Å². The lowest BCUT2D eigenvalue weighted by atomic mass is 9.89. The van der Waals surface area contributed by atoms with Gasteiger partial charge in [0, 0.05) is 5.56 Å². The minimum absolute atomic E-state index is 0.166. The highest BCUT2D eigenvalue weighted by molar-refractivity contribution is 8.14. The number of rotatable bonds is 7. The van der Waals surface area contributed by atoms with E-state index in [0.717, 1.165) is 37.4 Å². The third kappa shape index (κ3) is 4.43. The number of amides is 3. The van der Waals surface area contributed by atoms with Crippen LogP contribution in [-0.2, 0) is 4.79 Å². The highest BCUT2D eigenvalue weighted by Gasteiger charge is 2.41. The van der Waals surface area contributed by atoms with E-state index >= 15 is 0 Å². The van der Waals surface area contributed by atoms with Crippen LogP contribution in [0.4, 0.5) is 4.79 Å². The van der Waals surface area contributed by atoms with Crippen molar-refractivity contribution in [2.24, 2.45) is 0 Å². The summed E-state index contributed by atoms with van der Waals surface area (Å²) in [5.41, 5.74) is 0.463. The Kier molecular flexibility index (Phi) is 6.83. The van der Waals surface area contributed by atoms with E-state index in [9.17, 15) is 14.4 Å². The number of hydrogen-bond donors (Lipinski definition) is 1. The molecule has 1 aromatic rings. The fraction of sp³-hybridized carbons (Fsp3) is 0.550. The second-order valence-electron chi connectivity index (χ2n) is 6.78. The van der Waals surface area contributed by atoms with Gasteiger partial charge in [-0.2, -0.15) is 0 Å². The third-order valence-electron chi connectivity index (χ3n) is 4.97. The van der Waals surface area contributed by atoms with E-state index in [1.54, 1.807) is 18.2 Å². The van der Waals surface area contributed by atoms with E-state index in [1.165, 1.54) is 4.90 Å².